The Morgan fingerprint density at radius 3 is 2.76 bits per heavy atom. The summed E-state index contributed by atoms with van der Waals surface area (Å²) < 4.78 is 2.76. The average molecular weight is 361 g/mol. The van der Waals surface area contributed by atoms with Crippen molar-refractivity contribution in [2.24, 2.45) is 0 Å². The lowest BCUT2D eigenvalue weighted by molar-refractivity contribution is 0.0684. The van der Waals surface area contributed by atoms with Gasteiger partial charge in [0.1, 0.15) is 5.69 Å². The summed E-state index contributed by atoms with van der Waals surface area (Å²) in [6.45, 7) is 4.08. The number of aromatic nitrogens is 1. The van der Waals surface area contributed by atoms with Gasteiger partial charge in [-0.15, -0.1) is 11.3 Å². The number of hydrogen-bond donors (Lipinski definition) is 1. The number of carboxylic acids is 1. The Labute approximate surface area is 117 Å². The maximum absolute atomic E-state index is 11.2. The lowest BCUT2D eigenvalue weighted by Crippen LogP contribution is -2.11. The molecule has 0 radical (unpaired) electrons. The van der Waals surface area contributed by atoms with Gasteiger partial charge in [-0.25, -0.2) is 4.79 Å². The van der Waals surface area contributed by atoms with Crippen LogP contribution >= 0.6 is 33.9 Å². The van der Waals surface area contributed by atoms with Gasteiger partial charge in [0, 0.05) is 19.5 Å². The quantitative estimate of drug-likeness (QED) is 0.846. The van der Waals surface area contributed by atoms with Crippen molar-refractivity contribution in [2.45, 2.75) is 19.9 Å². The van der Waals surface area contributed by atoms with Crippen LogP contribution in [0.4, 0.5) is 0 Å². The van der Waals surface area contributed by atoms with Crippen molar-refractivity contribution < 1.29 is 9.90 Å². The van der Waals surface area contributed by atoms with Gasteiger partial charge in [-0.1, -0.05) is 0 Å². The molecule has 0 aromatic carbocycles. The largest absolute Gasteiger partial charge is 0.477 e. The summed E-state index contributed by atoms with van der Waals surface area (Å²) in [7, 11) is 0. The molecule has 5 heteroatoms. The second-order valence-corrected chi connectivity index (χ2v) is 6.45. The lowest BCUT2D eigenvalue weighted by atomic mass is 10.2. The molecule has 90 valence electrons. The lowest BCUT2D eigenvalue weighted by Gasteiger charge is -2.14. The molecule has 0 saturated heterocycles. The molecular weight excluding hydrogens is 349 g/mol. The van der Waals surface area contributed by atoms with Gasteiger partial charge >= 0.3 is 5.97 Å². The minimum Gasteiger partial charge on any atom is -0.477 e. The Hall–Kier alpha value is -0.820. The van der Waals surface area contributed by atoms with E-state index in [1.807, 2.05) is 17.7 Å². The molecule has 17 heavy (non-hydrogen) atoms. The van der Waals surface area contributed by atoms with Crippen LogP contribution < -0.4 is 0 Å². The third-order valence-electron chi connectivity index (χ3n) is 2.62. The maximum Gasteiger partial charge on any atom is 0.352 e. The fourth-order valence-corrected chi connectivity index (χ4v) is 3.28. The minimum atomic E-state index is -0.881. The van der Waals surface area contributed by atoms with Gasteiger partial charge in [-0.05, 0) is 54.6 Å². The second kappa shape index (κ2) is 4.81. The summed E-state index contributed by atoms with van der Waals surface area (Å²) >= 11 is 3.84. The van der Waals surface area contributed by atoms with Crippen molar-refractivity contribution in [3.05, 3.63) is 43.4 Å². The molecule has 2 aromatic heterocycles. The predicted octanol–water partition coefficient (Wildman–Crippen LogP) is 3.77. The van der Waals surface area contributed by atoms with Crippen LogP contribution in [0.2, 0.25) is 0 Å². The number of nitrogens with zero attached hydrogens (tertiary/aromatic N) is 1. The first-order valence-corrected chi connectivity index (χ1v) is 7.05. The van der Waals surface area contributed by atoms with Crippen molar-refractivity contribution in [2.75, 3.05) is 0 Å². The zero-order valence-corrected chi connectivity index (χ0v) is 12.4. The third kappa shape index (κ3) is 2.55. The topological polar surface area (TPSA) is 42.2 Å². The average Bonchev–Trinajstić information content (AvgIpc) is 2.83. The van der Waals surface area contributed by atoms with E-state index >= 15 is 0 Å². The molecule has 0 aliphatic heterocycles. The van der Waals surface area contributed by atoms with Crippen molar-refractivity contribution in [1.29, 1.82) is 0 Å². The van der Waals surface area contributed by atoms with Crippen LogP contribution in [0.3, 0.4) is 0 Å². The van der Waals surface area contributed by atoms with Gasteiger partial charge in [0.15, 0.2) is 0 Å². The zero-order chi connectivity index (χ0) is 12.6. The fourth-order valence-electron chi connectivity index (χ4n) is 1.75. The van der Waals surface area contributed by atoms with E-state index in [0.29, 0.717) is 5.69 Å². The predicted molar refractivity (Wildman–Crippen MR) is 77.0 cm³/mol. The summed E-state index contributed by atoms with van der Waals surface area (Å²) in [4.78, 5) is 13.6. The fraction of sp³-hybridized carbons (Fsp3) is 0.250. The summed E-state index contributed by atoms with van der Waals surface area (Å²) in [5, 5.41) is 9.16. The highest BCUT2D eigenvalue weighted by atomic mass is 127. The van der Waals surface area contributed by atoms with Gasteiger partial charge in [0.05, 0.1) is 6.04 Å². The molecule has 0 amide bonds. The van der Waals surface area contributed by atoms with Crippen LogP contribution in [0.5, 0.6) is 0 Å². The van der Waals surface area contributed by atoms with E-state index in [-0.39, 0.29) is 6.04 Å². The van der Waals surface area contributed by atoms with Gasteiger partial charge in [-0.2, -0.15) is 0 Å². The van der Waals surface area contributed by atoms with E-state index in [2.05, 4.69) is 41.6 Å². The molecule has 0 fully saturated rings. The molecule has 3 nitrogen and oxygen atoms in total. The van der Waals surface area contributed by atoms with Crippen LogP contribution in [0.15, 0.2) is 24.4 Å². The first-order chi connectivity index (χ1) is 7.99. The Balaban J connectivity index is 2.43. The van der Waals surface area contributed by atoms with Crippen molar-refractivity contribution in [3.8, 4) is 0 Å². The van der Waals surface area contributed by atoms with Gasteiger partial charge < -0.3 is 9.67 Å². The summed E-state index contributed by atoms with van der Waals surface area (Å²) in [6, 6.07) is 5.87. The molecule has 2 rings (SSSR count). The minimum absolute atomic E-state index is 0.0586. The molecule has 0 saturated carbocycles. The molecule has 1 N–H and O–H groups in total. The number of carbonyl (C=O) groups is 1. The monoisotopic (exact) mass is 361 g/mol. The Morgan fingerprint density at radius 2 is 2.24 bits per heavy atom. The van der Waals surface area contributed by atoms with Crippen molar-refractivity contribution in [1.82, 2.24) is 4.57 Å². The number of aryl methyl sites for hydroxylation is 1. The molecule has 1 unspecified atom stereocenters. The van der Waals surface area contributed by atoms with Gasteiger partial charge in [0.25, 0.3) is 0 Å². The molecule has 0 aliphatic rings. The van der Waals surface area contributed by atoms with E-state index in [9.17, 15) is 4.79 Å². The number of halogens is 1. The van der Waals surface area contributed by atoms with Crippen LogP contribution in [0.25, 0.3) is 0 Å². The first-order valence-electron chi connectivity index (χ1n) is 5.16. The highest BCUT2D eigenvalue weighted by Gasteiger charge is 2.18. The van der Waals surface area contributed by atoms with Gasteiger partial charge in [0.2, 0.25) is 0 Å². The zero-order valence-electron chi connectivity index (χ0n) is 9.48. The Bertz CT molecular complexity index is 559. The summed E-state index contributed by atoms with van der Waals surface area (Å²) in [5.74, 6) is -0.881. The number of thiophene rings is 1. The molecule has 0 bridgehead atoms. The molecule has 2 aromatic rings. The van der Waals surface area contributed by atoms with E-state index in [1.54, 1.807) is 17.4 Å². The molecular formula is C12H12INO2S. The Morgan fingerprint density at radius 1 is 1.53 bits per heavy atom. The first kappa shape index (κ1) is 12.6. The van der Waals surface area contributed by atoms with Crippen LogP contribution in [-0.2, 0) is 0 Å². The number of aromatic carboxylic acids is 1. The SMILES string of the molecule is Cc1ccc(C(C)n2cc(I)cc2C(=O)O)s1. The highest BCUT2D eigenvalue weighted by Crippen LogP contribution is 2.28. The number of carboxylic acid groups (broad SMARTS) is 1. The normalized spacial score (nSPS) is 12.6. The highest BCUT2D eigenvalue weighted by molar-refractivity contribution is 14.1. The molecule has 2 heterocycles. The summed E-state index contributed by atoms with van der Waals surface area (Å²) in [6.07, 6.45) is 1.88. The van der Waals surface area contributed by atoms with Crippen LogP contribution in [0, 0.1) is 10.5 Å². The molecule has 0 aliphatic carbocycles. The van der Waals surface area contributed by atoms with Crippen molar-refractivity contribution >= 4 is 39.9 Å². The van der Waals surface area contributed by atoms with Crippen LogP contribution in [0.1, 0.15) is 33.2 Å². The van der Waals surface area contributed by atoms with Crippen molar-refractivity contribution in [3.63, 3.8) is 0 Å². The smallest absolute Gasteiger partial charge is 0.352 e. The maximum atomic E-state index is 11.2. The Kier molecular flexibility index (Phi) is 3.58. The van der Waals surface area contributed by atoms with E-state index < -0.39 is 5.97 Å². The molecule has 0 spiro atoms. The standard InChI is InChI=1S/C12H12INO2S/c1-7-3-4-11(17-7)8(2)14-6-9(13)5-10(14)12(15)16/h3-6,8H,1-2H3,(H,15,16). The van der Waals surface area contributed by atoms with E-state index in [0.717, 1.165) is 3.57 Å². The third-order valence-corrected chi connectivity index (χ3v) is 4.39. The second-order valence-electron chi connectivity index (χ2n) is 3.88. The number of rotatable bonds is 3. The van der Waals surface area contributed by atoms with Gasteiger partial charge in [-0.3, -0.25) is 0 Å². The number of hydrogen-bond acceptors (Lipinski definition) is 2. The van der Waals surface area contributed by atoms with E-state index in [4.69, 9.17) is 5.11 Å². The summed E-state index contributed by atoms with van der Waals surface area (Å²) in [5.41, 5.74) is 0.341. The molecule has 1 atom stereocenters. The van der Waals surface area contributed by atoms with E-state index in [1.165, 1.54) is 9.75 Å². The van der Waals surface area contributed by atoms with Crippen LogP contribution in [-0.4, -0.2) is 15.6 Å².